The Morgan fingerprint density at radius 3 is 2.00 bits per heavy atom. The molecule has 1 heterocycles. The largest absolute Gasteiger partial charge is 0.389 e. The molecule has 23 heavy (non-hydrogen) atoms. The van der Waals surface area contributed by atoms with Crippen LogP contribution in [0.3, 0.4) is 0 Å². The van der Waals surface area contributed by atoms with E-state index in [4.69, 9.17) is 4.74 Å². The van der Waals surface area contributed by atoms with Crippen LogP contribution in [-0.4, -0.2) is 48.0 Å². The predicted octanol–water partition coefficient (Wildman–Crippen LogP) is 3.31. The first-order valence-corrected chi connectivity index (χ1v) is 10.0. The molecule has 1 N–H and O–H groups in total. The van der Waals surface area contributed by atoms with E-state index in [2.05, 4.69) is 18.7 Å². The summed E-state index contributed by atoms with van der Waals surface area (Å²) < 4.78 is 6.42. The van der Waals surface area contributed by atoms with Gasteiger partial charge in [-0.15, -0.1) is 0 Å². The van der Waals surface area contributed by atoms with Gasteiger partial charge in [0, 0.05) is 19.6 Å². The number of likely N-dealkylation sites (tertiary alicyclic amines) is 1. The van der Waals surface area contributed by atoms with Gasteiger partial charge >= 0.3 is 0 Å². The molecule has 3 heteroatoms. The molecule has 0 aromatic carbocycles. The van der Waals surface area contributed by atoms with Crippen molar-refractivity contribution in [3.05, 3.63) is 0 Å². The molecule has 132 valence electrons. The third kappa shape index (κ3) is 3.62. The highest BCUT2D eigenvalue weighted by Gasteiger charge is 2.51. The number of hydrogen-bond donors (Lipinski definition) is 1. The minimum Gasteiger partial charge on any atom is -0.389 e. The first-order chi connectivity index (χ1) is 11.0. The average Bonchev–Trinajstić information content (AvgIpc) is 2.42. The fraction of sp³-hybridized carbons (Fsp3) is 1.00. The first-order valence-electron chi connectivity index (χ1n) is 10.0. The minimum absolute atomic E-state index is 0.137. The molecule has 0 unspecified atom stereocenters. The average molecular weight is 322 g/mol. The van der Waals surface area contributed by atoms with Crippen LogP contribution in [0.25, 0.3) is 0 Å². The molecule has 4 bridgehead atoms. The number of aliphatic hydroxyl groups excluding tert-OH is 1. The minimum atomic E-state index is -0.319. The summed E-state index contributed by atoms with van der Waals surface area (Å²) in [5, 5.41) is 10.5. The van der Waals surface area contributed by atoms with E-state index in [1.807, 2.05) is 0 Å². The van der Waals surface area contributed by atoms with E-state index < -0.39 is 0 Å². The van der Waals surface area contributed by atoms with Gasteiger partial charge in [-0.1, -0.05) is 13.8 Å². The Kier molecular flexibility index (Phi) is 4.49. The highest BCUT2D eigenvalue weighted by atomic mass is 16.5. The van der Waals surface area contributed by atoms with Gasteiger partial charge < -0.3 is 14.7 Å². The van der Waals surface area contributed by atoms with Crippen LogP contribution in [0.4, 0.5) is 0 Å². The lowest BCUT2D eigenvalue weighted by atomic mass is 9.54. The van der Waals surface area contributed by atoms with Crippen LogP contribution >= 0.6 is 0 Å². The summed E-state index contributed by atoms with van der Waals surface area (Å²) in [4.78, 5) is 2.45. The molecule has 1 aliphatic heterocycles. The van der Waals surface area contributed by atoms with E-state index in [9.17, 15) is 5.11 Å². The number of β-amino-alcohol motifs (C(OH)–C–C–N with tert-alkyl or cyclic N) is 1. The van der Waals surface area contributed by atoms with Gasteiger partial charge in [0.1, 0.15) is 0 Å². The smallest absolute Gasteiger partial charge is 0.0900 e. The van der Waals surface area contributed by atoms with Crippen molar-refractivity contribution in [3.8, 4) is 0 Å². The molecule has 0 radical (unpaired) electrons. The Bertz CT molecular complexity index is 379. The highest BCUT2D eigenvalue weighted by Crippen LogP contribution is 2.57. The Hall–Kier alpha value is -0.120. The molecule has 5 aliphatic rings. The number of ether oxygens (including phenoxy) is 1. The van der Waals surface area contributed by atoms with Crippen LogP contribution in [0.15, 0.2) is 0 Å². The standard InChI is InChI=1S/C20H35NO2/c1-14-3-15(2)11-21(10-14)12-19(22)13-23-20-7-16-4-17(8-20)6-18(5-16)9-20/h14-19,22H,3-13H2,1-2H3/t14-,15+,16?,17?,18?,19-,20?/m1/s1. The number of hydrogen-bond acceptors (Lipinski definition) is 3. The molecule has 0 aromatic rings. The van der Waals surface area contributed by atoms with Crippen LogP contribution in [0.1, 0.15) is 58.8 Å². The summed E-state index contributed by atoms with van der Waals surface area (Å²) in [6.07, 6.45) is 9.17. The molecule has 3 nitrogen and oxygen atoms in total. The van der Waals surface area contributed by atoms with Gasteiger partial charge in [0.2, 0.25) is 0 Å². The number of piperidine rings is 1. The van der Waals surface area contributed by atoms with Crippen molar-refractivity contribution in [3.63, 3.8) is 0 Å². The summed E-state index contributed by atoms with van der Waals surface area (Å²) in [5.41, 5.74) is 0.137. The molecule has 0 aromatic heterocycles. The molecular formula is C20H35NO2. The third-order valence-corrected chi connectivity index (χ3v) is 6.98. The fourth-order valence-electron chi connectivity index (χ4n) is 6.77. The first kappa shape index (κ1) is 16.4. The lowest BCUT2D eigenvalue weighted by Crippen LogP contribution is -2.53. The molecule has 3 atom stereocenters. The van der Waals surface area contributed by atoms with Gasteiger partial charge in [-0.2, -0.15) is 0 Å². The van der Waals surface area contributed by atoms with Crippen molar-refractivity contribution < 1.29 is 9.84 Å². The zero-order chi connectivity index (χ0) is 16.0. The topological polar surface area (TPSA) is 32.7 Å². The molecule has 4 saturated carbocycles. The van der Waals surface area contributed by atoms with Crippen LogP contribution in [0.2, 0.25) is 0 Å². The highest BCUT2D eigenvalue weighted by molar-refractivity contribution is 5.03. The maximum Gasteiger partial charge on any atom is 0.0900 e. The van der Waals surface area contributed by atoms with Crippen molar-refractivity contribution in [1.82, 2.24) is 4.90 Å². The summed E-state index contributed by atoms with van der Waals surface area (Å²) in [5.74, 6) is 4.27. The van der Waals surface area contributed by atoms with Crippen molar-refractivity contribution in [2.24, 2.45) is 29.6 Å². The van der Waals surface area contributed by atoms with Gasteiger partial charge in [-0.05, 0) is 74.5 Å². The summed E-state index contributed by atoms with van der Waals surface area (Å²) in [6.45, 7) is 8.28. The second-order valence-corrected chi connectivity index (χ2v) is 9.73. The SMILES string of the molecule is C[C@@H]1C[C@H](C)CN(C[C@@H](O)COC23CC4CC(CC(C4)C2)C3)C1. The van der Waals surface area contributed by atoms with Crippen LogP contribution in [0.5, 0.6) is 0 Å². The predicted molar refractivity (Wildman–Crippen MR) is 92.2 cm³/mol. The molecule has 4 aliphatic carbocycles. The van der Waals surface area contributed by atoms with Crippen molar-refractivity contribution >= 4 is 0 Å². The van der Waals surface area contributed by atoms with Crippen molar-refractivity contribution in [2.75, 3.05) is 26.2 Å². The summed E-state index contributed by atoms with van der Waals surface area (Å²) in [7, 11) is 0. The lowest BCUT2D eigenvalue weighted by Gasteiger charge is -2.56. The zero-order valence-corrected chi connectivity index (χ0v) is 15.0. The van der Waals surface area contributed by atoms with E-state index >= 15 is 0 Å². The van der Waals surface area contributed by atoms with Gasteiger partial charge in [0.15, 0.2) is 0 Å². The Morgan fingerprint density at radius 1 is 0.957 bits per heavy atom. The Balaban J connectivity index is 1.27. The van der Waals surface area contributed by atoms with Crippen LogP contribution < -0.4 is 0 Å². The molecule has 5 rings (SSSR count). The molecule has 1 saturated heterocycles. The van der Waals surface area contributed by atoms with E-state index in [1.165, 1.54) is 44.9 Å². The van der Waals surface area contributed by atoms with Gasteiger partial charge in [-0.3, -0.25) is 0 Å². The number of rotatable bonds is 5. The second-order valence-electron chi connectivity index (χ2n) is 9.73. The van der Waals surface area contributed by atoms with Gasteiger partial charge in [0.25, 0.3) is 0 Å². The number of aliphatic hydroxyl groups is 1. The summed E-state index contributed by atoms with van der Waals surface area (Å²) in [6, 6.07) is 0. The molecular weight excluding hydrogens is 286 g/mol. The van der Waals surface area contributed by atoms with Gasteiger partial charge in [0.05, 0.1) is 18.3 Å². The zero-order valence-electron chi connectivity index (χ0n) is 15.0. The van der Waals surface area contributed by atoms with E-state index in [1.54, 1.807) is 0 Å². The Labute approximate surface area is 141 Å². The monoisotopic (exact) mass is 321 g/mol. The quantitative estimate of drug-likeness (QED) is 0.843. The van der Waals surface area contributed by atoms with Crippen LogP contribution in [0, 0.1) is 29.6 Å². The maximum absolute atomic E-state index is 10.5. The summed E-state index contributed by atoms with van der Waals surface area (Å²) >= 11 is 0. The second kappa shape index (κ2) is 6.31. The maximum atomic E-state index is 10.5. The van der Waals surface area contributed by atoms with E-state index in [-0.39, 0.29) is 11.7 Å². The van der Waals surface area contributed by atoms with E-state index in [0.29, 0.717) is 6.61 Å². The normalized spacial score (nSPS) is 47.9. The molecule has 0 amide bonds. The van der Waals surface area contributed by atoms with Crippen LogP contribution in [-0.2, 0) is 4.74 Å². The Morgan fingerprint density at radius 2 is 1.48 bits per heavy atom. The van der Waals surface area contributed by atoms with Crippen molar-refractivity contribution in [2.45, 2.75) is 70.5 Å². The lowest BCUT2D eigenvalue weighted by molar-refractivity contribution is -0.176. The van der Waals surface area contributed by atoms with Crippen molar-refractivity contribution in [1.29, 1.82) is 0 Å². The molecule has 0 spiro atoms. The van der Waals surface area contributed by atoms with Gasteiger partial charge in [-0.25, -0.2) is 0 Å². The molecule has 5 fully saturated rings. The van der Waals surface area contributed by atoms with E-state index in [0.717, 1.165) is 49.2 Å². The number of nitrogens with zero attached hydrogens (tertiary/aromatic N) is 1. The third-order valence-electron chi connectivity index (χ3n) is 6.98. The fourth-order valence-corrected chi connectivity index (χ4v) is 6.77.